The van der Waals surface area contributed by atoms with E-state index >= 15 is 0 Å². The lowest BCUT2D eigenvalue weighted by Gasteiger charge is -2.37. The van der Waals surface area contributed by atoms with Crippen molar-refractivity contribution in [2.24, 2.45) is 5.92 Å². The van der Waals surface area contributed by atoms with E-state index in [1.54, 1.807) is 24.3 Å². The van der Waals surface area contributed by atoms with Crippen molar-refractivity contribution in [2.75, 3.05) is 36.4 Å². The zero-order valence-corrected chi connectivity index (χ0v) is 21.6. The first-order valence-corrected chi connectivity index (χ1v) is 12.5. The Bertz CT molecular complexity index is 1230. The number of benzene rings is 2. The van der Waals surface area contributed by atoms with Gasteiger partial charge in [-0.3, -0.25) is 9.59 Å². The van der Waals surface area contributed by atoms with Crippen LogP contribution < -0.4 is 10.2 Å². The van der Waals surface area contributed by atoms with Crippen molar-refractivity contribution in [3.8, 4) is 11.3 Å². The highest BCUT2D eigenvalue weighted by Crippen LogP contribution is 2.32. The molecule has 1 aromatic heterocycles. The van der Waals surface area contributed by atoms with Crippen molar-refractivity contribution >= 4 is 46.4 Å². The average Bonchev–Trinajstić information content (AvgIpc) is 3.31. The number of rotatable bonds is 6. The Hall–Kier alpha value is -2.96. The zero-order valence-electron chi connectivity index (χ0n) is 20.1. The minimum Gasteiger partial charge on any atom is -0.451 e. The van der Waals surface area contributed by atoms with Gasteiger partial charge < -0.3 is 19.5 Å². The van der Waals surface area contributed by atoms with Gasteiger partial charge in [-0.25, -0.2) is 0 Å². The predicted molar refractivity (Wildman–Crippen MR) is 142 cm³/mol. The van der Waals surface area contributed by atoms with E-state index in [0.29, 0.717) is 60.0 Å². The highest BCUT2D eigenvalue weighted by atomic mass is 35.5. The van der Waals surface area contributed by atoms with E-state index in [2.05, 4.69) is 24.1 Å². The summed E-state index contributed by atoms with van der Waals surface area (Å²) in [4.78, 5) is 29.5. The van der Waals surface area contributed by atoms with Crippen LogP contribution in [0, 0.1) is 12.8 Å². The van der Waals surface area contributed by atoms with Gasteiger partial charge in [-0.2, -0.15) is 0 Å². The molecule has 0 aliphatic carbocycles. The van der Waals surface area contributed by atoms with Gasteiger partial charge in [-0.15, -0.1) is 0 Å². The predicted octanol–water partition coefficient (Wildman–Crippen LogP) is 6.51. The van der Waals surface area contributed by atoms with Crippen LogP contribution in [0.5, 0.6) is 0 Å². The van der Waals surface area contributed by atoms with Crippen LogP contribution in [0.1, 0.15) is 36.4 Å². The Kier molecular flexibility index (Phi) is 7.72. The van der Waals surface area contributed by atoms with Crippen LogP contribution in [0.4, 0.5) is 11.4 Å². The number of nitrogens with zero attached hydrogens (tertiary/aromatic N) is 2. The molecule has 0 unspecified atom stereocenters. The van der Waals surface area contributed by atoms with Crippen LogP contribution in [0.25, 0.3) is 11.3 Å². The number of hydrogen-bond donors (Lipinski definition) is 1. The zero-order chi connectivity index (χ0) is 25.1. The van der Waals surface area contributed by atoms with Crippen molar-refractivity contribution in [3.63, 3.8) is 0 Å². The molecule has 1 saturated heterocycles. The third kappa shape index (κ3) is 6.00. The second-order valence-electron chi connectivity index (χ2n) is 9.21. The number of nitrogens with one attached hydrogen (secondary N) is 1. The number of amides is 2. The molecule has 1 N–H and O–H groups in total. The van der Waals surface area contributed by atoms with Gasteiger partial charge in [0.05, 0.1) is 11.4 Å². The van der Waals surface area contributed by atoms with Crippen molar-refractivity contribution in [2.45, 2.75) is 27.2 Å². The number of anilines is 2. The lowest BCUT2D eigenvalue weighted by molar-refractivity contribution is -0.132. The van der Waals surface area contributed by atoms with Gasteiger partial charge in [0, 0.05) is 48.2 Å². The van der Waals surface area contributed by atoms with E-state index in [-0.39, 0.29) is 17.6 Å². The molecule has 2 heterocycles. The molecule has 0 atom stereocenters. The minimum atomic E-state index is -0.372. The molecule has 2 amide bonds. The summed E-state index contributed by atoms with van der Waals surface area (Å²) in [6.07, 6.45) is 0.558. The maximum atomic E-state index is 13.0. The van der Waals surface area contributed by atoms with Crippen molar-refractivity contribution in [1.82, 2.24) is 4.90 Å². The first-order valence-electron chi connectivity index (χ1n) is 11.7. The van der Waals surface area contributed by atoms with Crippen LogP contribution >= 0.6 is 23.2 Å². The van der Waals surface area contributed by atoms with E-state index in [1.807, 2.05) is 36.1 Å². The third-order valence-electron chi connectivity index (χ3n) is 6.05. The van der Waals surface area contributed by atoms with Gasteiger partial charge in [-0.1, -0.05) is 49.2 Å². The fourth-order valence-electron chi connectivity index (χ4n) is 4.10. The number of furan rings is 1. The molecule has 8 heteroatoms. The van der Waals surface area contributed by atoms with E-state index in [1.165, 1.54) is 0 Å². The van der Waals surface area contributed by atoms with Crippen molar-refractivity contribution in [3.05, 3.63) is 69.9 Å². The Labute approximate surface area is 215 Å². The van der Waals surface area contributed by atoms with Gasteiger partial charge in [0.2, 0.25) is 5.91 Å². The maximum absolute atomic E-state index is 13.0. The lowest BCUT2D eigenvalue weighted by Crippen LogP contribution is -2.49. The normalized spacial score (nSPS) is 13.9. The number of aryl methyl sites for hydroxylation is 1. The van der Waals surface area contributed by atoms with Gasteiger partial charge >= 0.3 is 0 Å². The number of carbonyl (C=O) groups is 2. The summed E-state index contributed by atoms with van der Waals surface area (Å²) < 4.78 is 5.82. The average molecular weight is 514 g/mol. The number of hydrogen-bond acceptors (Lipinski definition) is 4. The number of carbonyl (C=O) groups excluding carboxylic acids is 2. The summed E-state index contributed by atoms with van der Waals surface area (Å²) in [5, 5.41) is 4.10. The van der Waals surface area contributed by atoms with Crippen LogP contribution in [0.2, 0.25) is 10.0 Å². The Balaban J connectivity index is 1.47. The standard InChI is InChI=1S/C27H29Cl2N3O3/c1-17(2)14-26(33)32-12-10-31(11-13-32)23-7-6-20(28)16-22(23)30-27(34)25-9-8-24(35-25)19-5-4-18(3)21(29)15-19/h4-9,15-17H,10-14H2,1-3H3,(H,30,34). The van der Waals surface area contributed by atoms with Gasteiger partial charge in [0.15, 0.2) is 5.76 Å². The molecule has 4 rings (SSSR count). The van der Waals surface area contributed by atoms with E-state index in [0.717, 1.165) is 16.8 Å². The maximum Gasteiger partial charge on any atom is 0.291 e. The van der Waals surface area contributed by atoms with Gasteiger partial charge in [0.1, 0.15) is 5.76 Å². The largest absolute Gasteiger partial charge is 0.451 e. The molecule has 1 aliphatic heterocycles. The van der Waals surface area contributed by atoms with Gasteiger partial charge in [-0.05, 0) is 54.8 Å². The Morgan fingerprint density at radius 1 is 1.00 bits per heavy atom. The van der Waals surface area contributed by atoms with Crippen LogP contribution in [0.3, 0.4) is 0 Å². The molecule has 0 spiro atoms. The Morgan fingerprint density at radius 2 is 1.74 bits per heavy atom. The summed E-state index contributed by atoms with van der Waals surface area (Å²) in [5.41, 5.74) is 3.23. The fraction of sp³-hybridized carbons (Fsp3) is 0.333. The van der Waals surface area contributed by atoms with E-state index < -0.39 is 0 Å². The second kappa shape index (κ2) is 10.8. The smallest absolute Gasteiger partial charge is 0.291 e. The second-order valence-corrected chi connectivity index (χ2v) is 10.1. The van der Waals surface area contributed by atoms with E-state index in [9.17, 15) is 9.59 Å². The summed E-state index contributed by atoms with van der Waals surface area (Å²) in [6, 6.07) is 14.5. The summed E-state index contributed by atoms with van der Waals surface area (Å²) >= 11 is 12.5. The molecule has 35 heavy (non-hydrogen) atoms. The molecule has 3 aromatic rings. The summed E-state index contributed by atoms with van der Waals surface area (Å²) in [7, 11) is 0. The van der Waals surface area contributed by atoms with E-state index in [4.69, 9.17) is 27.6 Å². The molecular weight excluding hydrogens is 485 g/mol. The molecule has 0 bridgehead atoms. The SMILES string of the molecule is Cc1ccc(-c2ccc(C(=O)Nc3cc(Cl)ccc3N3CCN(C(=O)CC(C)C)CC3)o2)cc1Cl. The molecule has 1 aliphatic rings. The van der Waals surface area contributed by atoms with Crippen LogP contribution in [-0.2, 0) is 4.79 Å². The summed E-state index contributed by atoms with van der Waals surface area (Å²) in [6.45, 7) is 8.66. The van der Waals surface area contributed by atoms with Crippen LogP contribution in [0.15, 0.2) is 52.9 Å². The highest BCUT2D eigenvalue weighted by molar-refractivity contribution is 6.31. The fourth-order valence-corrected chi connectivity index (χ4v) is 4.46. The van der Waals surface area contributed by atoms with Crippen molar-refractivity contribution in [1.29, 1.82) is 0 Å². The molecule has 184 valence electrons. The number of halogens is 2. The highest BCUT2D eigenvalue weighted by Gasteiger charge is 2.24. The lowest BCUT2D eigenvalue weighted by atomic mass is 10.1. The molecule has 0 saturated carbocycles. The molecule has 1 fully saturated rings. The quantitative estimate of drug-likeness (QED) is 0.407. The topological polar surface area (TPSA) is 65.8 Å². The molecule has 0 radical (unpaired) electrons. The first-order chi connectivity index (χ1) is 16.7. The molecule has 2 aromatic carbocycles. The minimum absolute atomic E-state index is 0.187. The molecule has 6 nitrogen and oxygen atoms in total. The molecular formula is C27H29Cl2N3O3. The Morgan fingerprint density at radius 3 is 2.43 bits per heavy atom. The van der Waals surface area contributed by atoms with Crippen molar-refractivity contribution < 1.29 is 14.0 Å². The van der Waals surface area contributed by atoms with Gasteiger partial charge in [0.25, 0.3) is 5.91 Å². The monoisotopic (exact) mass is 513 g/mol. The number of piperazine rings is 1. The third-order valence-corrected chi connectivity index (χ3v) is 6.69. The summed E-state index contributed by atoms with van der Waals surface area (Å²) in [5.74, 6) is 0.900. The first kappa shape index (κ1) is 25.1. The van der Waals surface area contributed by atoms with Crippen LogP contribution in [-0.4, -0.2) is 42.9 Å².